The van der Waals surface area contributed by atoms with Gasteiger partial charge in [0.1, 0.15) is 22.5 Å². The first-order chi connectivity index (χ1) is 12.8. The maximum Gasteiger partial charge on any atom is 0.150 e. The fourth-order valence-corrected chi connectivity index (χ4v) is 3.71. The lowest BCUT2D eigenvalue weighted by molar-refractivity contribution is 0.445. The van der Waals surface area contributed by atoms with E-state index < -0.39 is 11.0 Å². The van der Waals surface area contributed by atoms with Crippen LogP contribution in [-0.4, -0.2) is 14.4 Å². The topological polar surface area (TPSA) is 69.6 Å². The Hall–Kier alpha value is -2.79. The van der Waals surface area contributed by atoms with E-state index in [1.54, 1.807) is 6.07 Å². The molecule has 3 N–H and O–H groups in total. The third kappa shape index (κ3) is 4.31. The van der Waals surface area contributed by atoms with Gasteiger partial charge in [-0.1, -0.05) is 43.7 Å². The van der Waals surface area contributed by atoms with Crippen molar-refractivity contribution in [3.05, 3.63) is 71.8 Å². The number of hydrogen-bond acceptors (Lipinski definition) is 3. The van der Waals surface area contributed by atoms with Gasteiger partial charge in [-0.15, -0.1) is 0 Å². The maximum atomic E-state index is 12.5. The fourth-order valence-electron chi connectivity index (χ4n) is 2.87. The van der Waals surface area contributed by atoms with Gasteiger partial charge in [0, 0.05) is 17.3 Å². The highest BCUT2D eigenvalue weighted by atomic mass is 32.2. The van der Waals surface area contributed by atoms with Gasteiger partial charge in [0.15, 0.2) is 0 Å². The number of hydrogen-bond donors (Lipinski definition) is 3. The monoisotopic (exact) mass is 381 g/mol. The largest absolute Gasteiger partial charge is 0.508 e. The Morgan fingerprint density at radius 1 is 0.926 bits per heavy atom. The molecule has 27 heavy (non-hydrogen) atoms. The first kappa shape index (κ1) is 19.0. The molecule has 0 heterocycles. The molecule has 0 aliphatic carbocycles. The van der Waals surface area contributed by atoms with Gasteiger partial charge in [-0.2, -0.15) is 0 Å². The van der Waals surface area contributed by atoms with Gasteiger partial charge in [-0.25, -0.2) is 4.21 Å². The van der Waals surface area contributed by atoms with Crippen LogP contribution in [0.2, 0.25) is 0 Å². The Bertz CT molecular complexity index is 981. The van der Waals surface area contributed by atoms with E-state index in [0.717, 1.165) is 16.7 Å². The molecule has 0 aliphatic rings. The van der Waals surface area contributed by atoms with Gasteiger partial charge >= 0.3 is 0 Å². The van der Waals surface area contributed by atoms with Crippen LogP contribution in [0, 0.1) is 6.92 Å². The maximum absolute atomic E-state index is 12.5. The van der Waals surface area contributed by atoms with E-state index in [0.29, 0.717) is 16.1 Å². The number of aromatic hydroxyl groups is 2. The van der Waals surface area contributed by atoms with Gasteiger partial charge in [-0.05, 0) is 54.3 Å². The number of rotatable bonds is 5. The summed E-state index contributed by atoms with van der Waals surface area (Å²) in [6.07, 6.45) is 0. The smallest absolute Gasteiger partial charge is 0.150 e. The Labute approximate surface area is 162 Å². The highest BCUT2D eigenvalue weighted by Gasteiger charge is 2.13. The first-order valence-electron chi connectivity index (χ1n) is 8.76. The Balaban J connectivity index is 1.91. The van der Waals surface area contributed by atoms with Gasteiger partial charge in [0.25, 0.3) is 0 Å². The van der Waals surface area contributed by atoms with Crippen molar-refractivity contribution in [2.45, 2.75) is 31.6 Å². The van der Waals surface area contributed by atoms with Crippen LogP contribution in [0.5, 0.6) is 11.5 Å². The Morgan fingerprint density at radius 2 is 1.63 bits per heavy atom. The zero-order valence-electron chi connectivity index (χ0n) is 15.6. The summed E-state index contributed by atoms with van der Waals surface area (Å²) < 4.78 is 15.5. The standard InChI is InChI=1S/C22H23NO3S/c1-14(2)19-12-20(22(25)13-21(19)24)16-5-4-6-17(11-16)23-27(26)18-9-7-15(3)8-10-18/h4-14,23-25H,1-3H3. The summed E-state index contributed by atoms with van der Waals surface area (Å²) in [6, 6.07) is 18.1. The van der Waals surface area contributed by atoms with Gasteiger partial charge in [0.05, 0.1) is 4.90 Å². The van der Waals surface area contributed by atoms with Crippen LogP contribution < -0.4 is 4.72 Å². The van der Waals surface area contributed by atoms with Crippen molar-refractivity contribution in [3.63, 3.8) is 0 Å². The summed E-state index contributed by atoms with van der Waals surface area (Å²) in [4.78, 5) is 0.695. The molecule has 0 radical (unpaired) electrons. The lowest BCUT2D eigenvalue weighted by Crippen LogP contribution is -2.04. The number of nitrogens with one attached hydrogen (secondary N) is 1. The van der Waals surface area contributed by atoms with Crippen molar-refractivity contribution >= 4 is 16.7 Å². The molecule has 0 amide bonds. The minimum absolute atomic E-state index is 0.00806. The second kappa shape index (κ2) is 7.84. The lowest BCUT2D eigenvalue weighted by atomic mass is 9.95. The zero-order valence-corrected chi connectivity index (χ0v) is 16.4. The average molecular weight is 381 g/mol. The van der Waals surface area contributed by atoms with Crippen molar-refractivity contribution < 1.29 is 14.4 Å². The van der Waals surface area contributed by atoms with Crippen molar-refractivity contribution in [1.82, 2.24) is 0 Å². The van der Waals surface area contributed by atoms with E-state index in [1.165, 1.54) is 6.07 Å². The molecule has 0 fully saturated rings. The summed E-state index contributed by atoms with van der Waals surface area (Å²) in [7, 11) is -1.38. The van der Waals surface area contributed by atoms with E-state index in [9.17, 15) is 14.4 Å². The highest BCUT2D eigenvalue weighted by Crippen LogP contribution is 2.38. The third-order valence-electron chi connectivity index (χ3n) is 4.39. The number of anilines is 1. The summed E-state index contributed by atoms with van der Waals surface area (Å²) in [5.41, 5.74) is 3.97. The van der Waals surface area contributed by atoms with Crippen LogP contribution in [0.1, 0.15) is 30.9 Å². The second-order valence-electron chi connectivity index (χ2n) is 6.85. The lowest BCUT2D eigenvalue weighted by Gasteiger charge is -2.14. The van der Waals surface area contributed by atoms with Crippen molar-refractivity contribution in [3.8, 4) is 22.6 Å². The van der Waals surface area contributed by atoms with Crippen molar-refractivity contribution in [1.29, 1.82) is 0 Å². The summed E-state index contributed by atoms with van der Waals surface area (Å²) in [6.45, 7) is 5.95. The molecular weight excluding hydrogens is 358 g/mol. The molecule has 3 aromatic rings. The first-order valence-corrected chi connectivity index (χ1v) is 9.91. The number of aryl methyl sites for hydroxylation is 1. The number of phenols is 2. The molecule has 0 bridgehead atoms. The highest BCUT2D eigenvalue weighted by molar-refractivity contribution is 7.86. The molecule has 5 heteroatoms. The Kier molecular flexibility index (Phi) is 5.51. The van der Waals surface area contributed by atoms with Crippen LogP contribution in [0.4, 0.5) is 5.69 Å². The predicted octanol–water partition coefficient (Wildman–Crippen LogP) is 5.33. The summed E-state index contributed by atoms with van der Waals surface area (Å²) in [5.74, 6) is 0.217. The molecule has 0 saturated carbocycles. The molecule has 1 unspecified atom stereocenters. The molecule has 3 aromatic carbocycles. The molecule has 140 valence electrons. The normalized spacial score (nSPS) is 12.1. The van der Waals surface area contributed by atoms with Crippen LogP contribution >= 0.6 is 0 Å². The molecule has 0 aromatic heterocycles. The molecule has 1 atom stereocenters. The van der Waals surface area contributed by atoms with Crippen LogP contribution in [0.3, 0.4) is 0 Å². The van der Waals surface area contributed by atoms with Crippen LogP contribution in [-0.2, 0) is 11.0 Å². The van der Waals surface area contributed by atoms with E-state index >= 15 is 0 Å². The minimum atomic E-state index is -1.38. The molecule has 4 nitrogen and oxygen atoms in total. The molecule has 0 aliphatic heterocycles. The minimum Gasteiger partial charge on any atom is -0.508 e. The predicted molar refractivity (Wildman–Crippen MR) is 111 cm³/mol. The van der Waals surface area contributed by atoms with Crippen molar-refractivity contribution in [2.75, 3.05) is 4.72 Å². The Morgan fingerprint density at radius 3 is 2.30 bits per heavy atom. The number of phenolic OH excluding ortho intramolecular Hbond substituents is 2. The second-order valence-corrected chi connectivity index (χ2v) is 8.06. The SMILES string of the molecule is Cc1ccc(S(=O)Nc2cccc(-c3cc(C(C)C)c(O)cc3O)c2)cc1. The molecule has 3 rings (SSSR count). The molecule has 0 saturated heterocycles. The van der Waals surface area contributed by atoms with Crippen LogP contribution in [0.25, 0.3) is 11.1 Å². The zero-order chi connectivity index (χ0) is 19.6. The summed E-state index contributed by atoms with van der Waals surface area (Å²) >= 11 is 0. The van der Waals surface area contributed by atoms with E-state index in [2.05, 4.69) is 4.72 Å². The van der Waals surface area contributed by atoms with Gasteiger partial charge in [0.2, 0.25) is 0 Å². The molecule has 0 spiro atoms. The van der Waals surface area contributed by atoms with E-state index in [4.69, 9.17) is 0 Å². The van der Waals surface area contributed by atoms with E-state index in [-0.39, 0.29) is 17.4 Å². The molecular formula is C22H23NO3S. The van der Waals surface area contributed by atoms with Crippen LogP contribution in [0.15, 0.2) is 65.6 Å². The number of benzene rings is 3. The summed E-state index contributed by atoms with van der Waals surface area (Å²) in [5, 5.41) is 20.3. The third-order valence-corrected chi connectivity index (χ3v) is 5.51. The fraction of sp³-hybridized carbons (Fsp3) is 0.182. The average Bonchev–Trinajstić information content (AvgIpc) is 2.62. The van der Waals surface area contributed by atoms with Gasteiger partial charge < -0.3 is 14.9 Å². The van der Waals surface area contributed by atoms with E-state index in [1.807, 2.05) is 69.3 Å². The van der Waals surface area contributed by atoms with Crippen molar-refractivity contribution in [2.24, 2.45) is 0 Å². The quantitative estimate of drug-likeness (QED) is 0.559. The van der Waals surface area contributed by atoms with Gasteiger partial charge in [-0.3, -0.25) is 0 Å².